The van der Waals surface area contributed by atoms with E-state index in [1.165, 1.54) is 19.2 Å². The van der Waals surface area contributed by atoms with E-state index in [9.17, 15) is 14.0 Å². The van der Waals surface area contributed by atoms with Gasteiger partial charge in [0.1, 0.15) is 34.4 Å². The zero-order valence-electron chi connectivity index (χ0n) is 25.9. The second-order valence-electron chi connectivity index (χ2n) is 12.7. The van der Waals surface area contributed by atoms with Crippen molar-refractivity contribution in [1.82, 2.24) is 29.9 Å². The van der Waals surface area contributed by atoms with E-state index in [1.54, 1.807) is 6.20 Å². The molecule has 3 heterocycles. The molecular formula is C34H38FN7O4. The van der Waals surface area contributed by atoms with Crippen molar-refractivity contribution in [2.75, 3.05) is 45.7 Å². The first kappa shape index (κ1) is 30.1. The average molecular weight is 628 g/mol. The number of carbonyl (C=O) groups is 2. The van der Waals surface area contributed by atoms with Crippen molar-refractivity contribution >= 4 is 23.1 Å². The summed E-state index contributed by atoms with van der Waals surface area (Å²) in [5.41, 5.74) is 9.43. The molecule has 2 saturated carbocycles. The van der Waals surface area contributed by atoms with Crippen molar-refractivity contribution in [1.29, 1.82) is 0 Å². The first-order valence-electron chi connectivity index (χ1n) is 15.7. The number of anilines is 1. The first-order chi connectivity index (χ1) is 22.3. The molecule has 11 nitrogen and oxygen atoms in total. The van der Waals surface area contributed by atoms with Crippen LogP contribution < -0.4 is 21.1 Å². The van der Waals surface area contributed by atoms with E-state index in [0.29, 0.717) is 31.3 Å². The van der Waals surface area contributed by atoms with Crippen molar-refractivity contribution in [3.8, 4) is 17.0 Å². The Labute approximate surface area is 266 Å². The minimum Gasteiger partial charge on any atom is -0.496 e. The molecular weight excluding hydrogens is 589 g/mol. The maximum atomic E-state index is 13.8. The van der Waals surface area contributed by atoms with E-state index in [4.69, 9.17) is 20.2 Å². The minimum absolute atomic E-state index is 0.0769. The molecule has 0 unspecified atom stereocenters. The summed E-state index contributed by atoms with van der Waals surface area (Å²) < 4.78 is 26.5. The van der Waals surface area contributed by atoms with Gasteiger partial charge < -0.3 is 25.8 Å². The highest BCUT2D eigenvalue weighted by molar-refractivity contribution is 5.97. The van der Waals surface area contributed by atoms with Gasteiger partial charge in [0.05, 0.1) is 32.4 Å². The molecule has 0 radical (unpaired) electrons. The fourth-order valence-corrected chi connectivity index (χ4v) is 7.53. The topological polar surface area (TPSA) is 136 Å². The maximum Gasteiger partial charge on any atom is 0.255 e. The number of nitrogens with zero attached hydrogens (tertiary/aromatic N) is 4. The highest BCUT2D eigenvalue weighted by Crippen LogP contribution is 2.57. The normalized spacial score (nSPS) is 22.7. The van der Waals surface area contributed by atoms with Crippen LogP contribution in [0.15, 0.2) is 54.9 Å². The number of nitrogen functional groups attached to an aromatic ring is 1. The Bertz CT molecular complexity index is 1780. The van der Waals surface area contributed by atoms with Gasteiger partial charge >= 0.3 is 0 Å². The molecule has 2 bridgehead atoms. The van der Waals surface area contributed by atoms with Crippen molar-refractivity contribution in [2.24, 2.45) is 0 Å². The van der Waals surface area contributed by atoms with Crippen LogP contribution in [0.25, 0.3) is 16.8 Å². The summed E-state index contributed by atoms with van der Waals surface area (Å²) >= 11 is 0. The minimum atomic E-state index is -0.510. The number of amides is 2. The smallest absolute Gasteiger partial charge is 0.255 e. The third-order valence-electron chi connectivity index (χ3n) is 9.86. The number of fused-ring (bicyclic) bond motifs is 3. The Balaban J connectivity index is 1.09. The van der Waals surface area contributed by atoms with E-state index < -0.39 is 11.7 Å². The molecule has 7 rings (SSSR count). The standard InChI is InChI=1S/C34H38FN7O4/c1-45-26-7-6-24(35)18-25(26)31(44)38-19-22-2-4-23(5-3-22)28-29-30(36)37-12-13-42(29)32(39-28)33-8-10-34(21-33,11-9-33)40-27(43)20-41-14-16-46-17-15-41/h2-7,12-13,18H,8-11,14-17,19-21H2,1H3,(H2,36,37)(H,38,44)(H,40,43). The number of ether oxygens (including phenoxy) is 2. The molecule has 0 atom stereocenters. The second-order valence-corrected chi connectivity index (χ2v) is 12.7. The van der Waals surface area contributed by atoms with E-state index in [2.05, 4.69) is 24.9 Å². The molecule has 3 aliphatic rings. The molecule has 3 fully saturated rings. The lowest BCUT2D eigenvalue weighted by Gasteiger charge is -2.31. The Kier molecular flexibility index (Phi) is 7.85. The molecule has 46 heavy (non-hydrogen) atoms. The summed E-state index contributed by atoms with van der Waals surface area (Å²) in [4.78, 5) is 37.6. The molecule has 0 spiro atoms. The van der Waals surface area contributed by atoms with Gasteiger partial charge in [0.2, 0.25) is 5.91 Å². The monoisotopic (exact) mass is 627 g/mol. The van der Waals surface area contributed by atoms with Crippen LogP contribution in [0.2, 0.25) is 0 Å². The van der Waals surface area contributed by atoms with E-state index in [-0.39, 0.29) is 29.0 Å². The van der Waals surface area contributed by atoms with Crippen LogP contribution >= 0.6 is 0 Å². The van der Waals surface area contributed by atoms with Crippen LogP contribution in [-0.4, -0.2) is 76.6 Å². The van der Waals surface area contributed by atoms with E-state index in [1.807, 2.05) is 30.5 Å². The van der Waals surface area contributed by atoms with Gasteiger partial charge in [-0.05, 0) is 55.9 Å². The van der Waals surface area contributed by atoms with Gasteiger partial charge in [-0.3, -0.25) is 18.9 Å². The van der Waals surface area contributed by atoms with Gasteiger partial charge in [-0.15, -0.1) is 0 Å². The summed E-state index contributed by atoms with van der Waals surface area (Å²) in [7, 11) is 1.44. The lowest BCUT2D eigenvalue weighted by molar-refractivity contribution is -0.125. The van der Waals surface area contributed by atoms with Crippen LogP contribution in [-0.2, 0) is 21.5 Å². The number of halogens is 1. The molecule has 4 N–H and O–H groups in total. The molecule has 240 valence electrons. The molecule has 12 heteroatoms. The summed E-state index contributed by atoms with van der Waals surface area (Å²) in [6, 6.07) is 11.6. The number of rotatable bonds is 9. The molecule has 2 aromatic carbocycles. The maximum absolute atomic E-state index is 13.8. The zero-order chi connectivity index (χ0) is 31.9. The van der Waals surface area contributed by atoms with Gasteiger partial charge in [-0.2, -0.15) is 0 Å². The summed E-state index contributed by atoms with van der Waals surface area (Å²) in [5, 5.41) is 6.26. The number of morpholine rings is 1. The number of methoxy groups -OCH3 is 1. The number of benzene rings is 2. The molecule has 2 aromatic heterocycles. The van der Waals surface area contributed by atoms with Gasteiger partial charge in [0.15, 0.2) is 0 Å². The largest absolute Gasteiger partial charge is 0.496 e. The number of nitrogens with one attached hydrogen (secondary N) is 2. The van der Waals surface area contributed by atoms with Gasteiger partial charge in [-0.1, -0.05) is 24.3 Å². The van der Waals surface area contributed by atoms with E-state index >= 15 is 0 Å². The molecule has 1 aliphatic heterocycles. The third-order valence-corrected chi connectivity index (χ3v) is 9.86. The quantitative estimate of drug-likeness (QED) is 0.257. The number of imidazole rings is 1. The van der Waals surface area contributed by atoms with Crippen LogP contribution in [0, 0.1) is 5.82 Å². The van der Waals surface area contributed by atoms with Crippen molar-refractivity contribution in [2.45, 2.75) is 49.6 Å². The van der Waals surface area contributed by atoms with Crippen LogP contribution in [0.4, 0.5) is 10.2 Å². The van der Waals surface area contributed by atoms with Crippen molar-refractivity contribution in [3.63, 3.8) is 0 Å². The summed E-state index contributed by atoms with van der Waals surface area (Å²) in [6.07, 6.45) is 8.15. The van der Waals surface area contributed by atoms with Gasteiger partial charge in [0, 0.05) is 48.5 Å². The van der Waals surface area contributed by atoms with Crippen molar-refractivity contribution < 1.29 is 23.5 Å². The Morgan fingerprint density at radius 3 is 2.59 bits per heavy atom. The molecule has 2 aliphatic carbocycles. The fraction of sp³-hybridized carbons (Fsp3) is 0.412. The molecule has 2 amide bonds. The predicted octanol–water partition coefficient (Wildman–Crippen LogP) is 3.46. The Morgan fingerprint density at radius 2 is 1.85 bits per heavy atom. The highest BCUT2D eigenvalue weighted by atomic mass is 19.1. The lowest BCUT2D eigenvalue weighted by Crippen LogP contribution is -2.50. The van der Waals surface area contributed by atoms with Crippen LogP contribution in [0.3, 0.4) is 0 Å². The van der Waals surface area contributed by atoms with Gasteiger partial charge in [0.25, 0.3) is 5.91 Å². The Morgan fingerprint density at radius 1 is 1.09 bits per heavy atom. The summed E-state index contributed by atoms with van der Waals surface area (Å²) in [6.45, 7) is 3.54. The highest BCUT2D eigenvalue weighted by Gasteiger charge is 2.57. The Hall–Kier alpha value is -4.55. The number of carbonyl (C=O) groups excluding carboxylic acids is 2. The lowest BCUT2D eigenvalue weighted by atomic mass is 9.83. The SMILES string of the molecule is COc1ccc(F)cc1C(=O)NCc1ccc(-c2nc(C34CCC(NC(=O)CN5CCOCC5)(CC3)C4)n3ccnc(N)c23)cc1. The van der Waals surface area contributed by atoms with E-state index in [0.717, 1.165) is 79.4 Å². The van der Waals surface area contributed by atoms with Crippen molar-refractivity contribution in [3.05, 3.63) is 77.6 Å². The number of hydrogen-bond acceptors (Lipinski definition) is 8. The second kappa shape index (κ2) is 12.0. The predicted molar refractivity (Wildman–Crippen MR) is 170 cm³/mol. The average Bonchev–Trinajstić information content (AvgIpc) is 3.75. The molecule has 1 saturated heterocycles. The number of hydrogen-bond donors (Lipinski definition) is 3. The van der Waals surface area contributed by atoms with Crippen LogP contribution in [0.5, 0.6) is 5.75 Å². The number of nitrogens with two attached hydrogens (primary N) is 1. The first-order valence-corrected chi connectivity index (χ1v) is 15.7. The zero-order valence-corrected chi connectivity index (χ0v) is 25.9. The van der Waals surface area contributed by atoms with Crippen LogP contribution in [0.1, 0.15) is 53.8 Å². The molecule has 4 aromatic rings. The number of aromatic nitrogens is 3. The fourth-order valence-electron chi connectivity index (χ4n) is 7.53. The van der Waals surface area contributed by atoms with Gasteiger partial charge in [-0.25, -0.2) is 14.4 Å². The summed E-state index contributed by atoms with van der Waals surface area (Å²) in [5.74, 6) is 0.796. The third kappa shape index (κ3) is 5.56.